The number of rotatable bonds is 6. The summed E-state index contributed by atoms with van der Waals surface area (Å²) in [6, 6.07) is 15.7. The van der Waals surface area contributed by atoms with Gasteiger partial charge >= 0.3 is 0 Å². The number of hydrogen-bond acceptors (Lipinski definition) is 4. The van der Waals surface area contributed by atoms with Gasteiger partial charge in [0.05, 0.1) is 22.8 Å². The summed E-state index contributed by atoms with van der Waals surface area (Å²) in [7, 11) is 0. The molecule has 0 saturated carbocycles. The summed E-state index contributed by atoms with van der Waals surface area (Å²) in [5.74, 6) is -0.147. The van der Waals surface area contributed by atoms with Crippen LogP contribution in [-0.4, -0.2) is 54.6 Å². The van der Waals surface area contributed by atoms with Gasteiger partial charge in [0.1, 0.15) is 0 Å². The smallest absolute Gasteiger partial charge is 0.254 e. The molecule has 0 aliphatic carbocycles. The lowest BCUT2D eigenvalue weighted by atomic mass is 10.2. The molecular weight excluding hydrogens is 383 g/mol. The minimum absolute atomic E-state index is 0.147. The van der Waals surface area contributed by atoms with E-state index in [2.05, 4.69) is 44.6 Å². The van der Waals surface area contributed by atoms with Gasteiger partial charge in [0, 0.05) is 38.3 Å². The van der Waals surface area contributed by atoms with E-state index in [0.717, 1.165) is 32.7 Å². The quantitative estimate of drug-likeness (QED) is 0.593. The van der Waals surface area contributed by atoms with Gasteiger partial charge in [-0.3, -0.25) is 14.6 Å². The third kappa shape index (κ3) is 6.04. The fourth-order valence-electron chi connectivity index (χ4n) is 2.99. The van der Waals surface area contributed by atoms with Crippen molar-refractivity contribution < 1.29 is 4.79 Å². The number of nitrogens with zero attached hydrogens (tertiary/aromatic N) is 3. The molecule has 2 aromatic rings. The van der Waals surface area contributed by atoms with Crippen LogP contribution in [0, 0.1) is 0 Å². The number of piperazine rings is 1. The van der Waals surface area contributed by atoms with Gasteiger partial charge in [-0.15, -0.1) is 0 Å². The zero-order valence-electron chi connectivity index (χ0n) is 14.9. The molecule has 27 heavy (non-hydrogen) atoms. The zero-order chi connectivity index (χ0) is 19.1. The zero-order valence-corrected chi connectivity index (χ0v) is 16.5. The molecule has 0 radical (unpaired) electrons. The van der Waals surface area contributed by atoms with Crippen molar-refractivity contribution in [1.82, 2.24) is 15.2 Å². The predicted molar refractivity (Wildman–Crippen MR) is 110 cm³/mol. The van der Waals surface area contributed by atoms with Crippen molar-refractivity contribution in [2.24, 2.45) is 5.10 Å². The molecule has 2 aromatic carbocycles. The molecule has 0 unspecified atom stereocenters. The van der Waals surface area contributed by atoms with Crippen LogP contribution in [0.15, 0.2) is 53.6 Å². The minimum Gasteiger partial charge on any atom is -0.297 e. The molecule has 0 spiro atoms. The lowest BCUT2D eigenvalue weighted by Crippen LogP contribution is -2.48. The summed E-state index contributed by atoms with van der Waals surface area (Å²) in [5, 5.41) is 4.96. The second-order valence-electron chi connectivity index (χ2n) is 6.47. The molecule has 1 aliphatic heterocycles. The number of amides is 1. The third-order valence-corrected chi connectivity index (χ3v) is 5.12. The van der Waals surface area contributed by atoms with E-state index in [9.17, 15) is 4.79 Å². The predicted octanol–water partition coefficient (Wildman–Crippen LogP) is 3.26. The van der Waals surface area contributed by atoms with Gasteiger partial charge in [-0.25, -0.2) is 5.43 Å². The van der Waals surface area contributed by atoms with Crippen LogP contribution in [0.2, 0.25) is 10.0 Å². The summed E-state index contributed by atoms with van der Waals surface area (Å²) in [5.41, 5.74) is 4.45. The molecule has 7 heteroatoms. The van der Waals surface area contributed by atoms with E-state index in [1.54, 1.807) is 18.2 Å². The van der Waals surface area contributed by atoms with E-state index >= 15 is 0 Å². The highest BCUT2D eigenvalue weighted by atomic mass is 35.5. The van der Waals surface area contributed by atoms with Crippen LogP contribution in [0.5, 0.6) is 0 Å². The first-order chi connectivity index (χ1) is 13.1. The first-order valence-electron chi connectivity index (χ1n) is 8.86. The minimum atomic E-state index is -0.147. The molecule has 3 rings (SSSR count). The van der Waals surface area contributed by atoms with Gasteiger partial charge in [-0.1, -0.05) is 59.6 Å². The van der Waals surface area contributed by atoms with Crippen molar-refractivity contribution in [1.29, 1.82) is 0 Å². The molecule has 5 nitrogen and oxygen atoms in total. The van der Waals surface area contributed by atoms with Crippen molar-refractivity contribution in [3.8, 4) is 0 Å². The van der Waals surface area contributed by atoms with Gasteiger partial charge in [-0.05, 0) is 17.7 Å². The van der Waals surface area contributed by atoms with Gasteiger partial charge < -0.3 is 0 Å². The molecule has 1 aliphatic rings. The van der Waals surface area contributed by atoms with Crippen molar-refractivity contribution in [2.75, 3.05) is 32.7 Å². The number of hydrogen-bond donors (Lipinski definition) is 1. The number of carbonyl (C=O) groups is 1. The fraction of sp³-hybridized carbons (Fsp3) is 0.300. The van der Waals surface area contributed by atoms with Crippen LogP contribution >= 0.6 is 23.2 Å². The van der Waals surface area contributed by atoms with E-state index in [0.29, 0.717) is 22.2 Å². The Hall–Kier alpha value is -1.92. The molecule has 1 N–H and O–H groups in total. The van der Waals surface area contributed by atoms with Crippen LogP contribution in [-0.2, 0) is 11.3 Å². The summed E-state index contributed by atoms with van der Waals surface area (Å²) < 4.78 is 0. The first kappa shape index (κ1) is 19.8. The number of benzene rings is 2. The maximum absolute atomic E-state index is 12.1. The molecule has 0 aromatic heterocycles. The Morgan fingerprint density at radius 1 is 0.963 bits per heavy atom. The van der Waals surface area contributed by atoms with Crippen molar-refractivity contribution in [3.05, 3.63) is 69.7 Å². The molecule has 0 bridgehead atoms. The first-order valence-corrected chi connectivity index (χ1v) is 9.62. The second kappa shape index (κ2) is 9.85. The number of hydrazone groups is 1. The molecule has 1 amide bonds. The Balaban J connectivity index is 1.41. The number of halogens is 2. The molecule has 1 fully saturated rings. The summed E-state index contributed by atoms with van der Waals surface area (Å²) >= 11 is 12.1. The van der Waals surface area contributed by atoms with Crippen LogP contribution in [0.4, 0.5) is 0 Å². The summed E-state index contributed by atoms with van der Waals surface area (Å²) in [6.07, 6.45) is 1.47. The lowest BCUT2D eigenvalue weighted by molar-refractivity contribution is -0.122. The lowest BCUT2D eigenvalue weighted by Gasteiger charge is -2.34. The van der Waals surface area contributed by atoms with Crippen molar-refractivity contribution in [2.45, 2.75) is 6.54 Å². The van der Waals surface area contributed by atoms with E-state index < -0.39 is 0 Å². The Kier molecular flexibility index (Phi) is 7.24. The Bertz CT molecular complexity index is 770. The van der Waals surface area contributed by atoms with Crippen LogP contribution in [0.1, 0.15) is 11.1 Å². The number of carbonyl (C=O) groups excluding carboxylic acids is 1. The van der Waals surface area contributed by atoms with E-state index in [1.807, 2.05) is 6.07 Å². The average Bonchev–Trinajstić information content (AvgIpc) is 2.67. The van der Waals surface area contributed by atoms with Crippen LogP contribution in [0.3, 0.4) is 0 Å². The third-order valence-electron chi connectivity index (χ3n) is 4.46. The van der Waals surface area contributed by atoms with E-state index in [4.69, 9.17) is 23.2 Å². The Morgan fingerprint density at radius 2 is 1.59 bits per heavy atom. The molecular formula is C20H22Cl2N4O. The highest BCUT2D eigenvalue weighted by Gasteiger charge is 2.18. The average molecular weight is 405 g/mol. The maximum Gasteiger partial charge on any atom is 0.254 e. The highest BCUT2D eigenvalue weighted by Crippen LogP contribution is 2.21. The van der Waals surface area contributed by atoms with E-state index in [1.165, 1.54) is 11.8 Å². The van der Waals surface area contributed by atoms with Crippen LogP contribution in [0.25, 0.3) is 0 Å². The van der Waals surface area contributed by atoms with E-state index in [-0.39, 0.29) is 5.91 Å². The van der Waals surface area contributed by atoms with Gasteiger partial charge in [-0.2, -0.15) is 5.10 Å². The SMILES string of the molecule is O=C(CN1CCN(Cc2ccccc2)CC1)NN=Cc1c(Cl)cccc1Cl. The Labute approximate surface area is 169 Å². The maximum atomic E-state index is 12.1. The highest BCUT2D eigenvalue weighted by molar-refractivity contribution is 6.38. The molecule has 1 saturated heterocycles. The number of nitrogens with one attached hydrogen (secondary N) is 1. The largest absolute Gasteiger partial charge is 0.297 e. The normalized spacial score (nSPS) is 15.9. The molecule has 0 atom stereocenters. The van der Waals surface area contributed by atoms with Crippen LogP contribution < -0.4 is 5.43 Å². The standard InChI is InChI=1S/C20H22Cl2N4O/c21-18-7-4-8-19(22)17(18)13-23-24-20(27)15-26-11-9-25(10-12-26)14-16-5-2-1-3-6-16/h1-8,13H,9-12,14-15H2,(H,24,27). The molecule has 1 heterocycles. The van der Waals surface area contributed by atoms with Gasteiger partial charge in [0.25, 0.3) is 5.91 Å². The van der Waals surface area contributed by atoms with Crippen molar-refractivity contribution in [3.63, 3.8) is 0 Å². The Morgan fingerprint density at radius 3 is 2.26 bits per heavy atom. The second-order valence-corrected chi connectivity index (χ2v) is 7.28. The van der Waals surface area contributed by atoms with Gasteiger partial charge in [0.2, 0.25) is 0 Å². The fourth-order valence-corrected chi connectivity index (χ4v) is 3.48. The molecule has 142 valence electrons. The topological polar surface area (TPSA) is 47.9 Å². The summed E-state index contributed by atoms with van der Waals surface area (Å²) in [6.45, 7) is 4.89. The van der Waals surface area contributed by atoms with Gasteiger partial charge in [0.15, 0.2) is 0 Å². The summed E-state index contributed by atoms with van der Waals surface area (Å²) in [4.78, 5) is 16.6. The van der Waals surface area contributed by atoms with Crippen molar-refractivity contribution >= 4 is 35.3 Å². The monoisotopic (exact) mass is 404 g/mol.